The molecule has 0 bridgehead atoms. The van der Waals surface area contributed by atoms with Crippen molar-refractivity contribution in [3.8, 4) is 67.3 Å². The molecule has 1 unspecified atom stereocenters. The summed E-state index contributed by atoms with van der Waals surface area (Å²) in [5.41, 5.74) is 16.3. The van der Waals surface area contributed by atoms with Crippen LogP contribution >= 0.6 is 0 Å². The Morgan fingerprint density at radius 3 is 1.59 bits per heavy atom. The van der Waals surface area contributed by atoms with Gasteiger partial charge in [-0.05, 0) is 58.9 Å². The molecule has 1 aliphatic carbocycles. The fourth-order valence-electron chi connectivity index (χ4n) is 7.66. The topological polar surface area (TPSA) is 25.8 Å². The number of nitrogens with zero attached hydrogens (tertiary/aromatic N) is 2. The number of rotatable bonds is 11. The van der Waals surface area contributed by atoms with Gasteiger partial charge in [0, 0.05) is 39.3 Å². The molecule has 0 fully saturated rings. The minimum absolute atomic E-state index is 0.222. The average molecular weight is 751 g/mol. The molecule has 0 saturated heterocycles. The molecule has 0 amide bonds. The van der Waals surface area contributed by atoms with Crippen LogP contribution in [0.3, 0.4) is 0 Å². The molecule has 8 rings (SSSR count). The van der Waals surface area contributed by atoms with Gasteiger partial charge in [0.1, 0.15) is 0 Å². The predicted molar refractivity (Wildman–Crippen MR) is 249 cm³/mol. The zero-order chi connectivity index (χ0) is 40.1. The number of pyridine rings is 2. The fraction of sp³-hybridized carbons (Fsp3) is 0.107. The molecule has 0 N–H and O–H groups in total. The van der Waals surface area contributed by atoms with E-state index in [1.54, 1.807) is 0 Å². The lowest BCUT2D eigenvalue weighted by molar-refractivity contribution is 0.854. The van der Waals surface area contributed by atoms with Gasteiger partial charge >= 0.3 is 0 Å². The highest BCUT2D eigenvalue weighted by Gasteiger charge is 2.23. The molecular weight excluding hydrogens is 701 g/mol. The fourth-order valence-corrected chi connectivity index (χ4v) is 7.66. The first kappa shape index (κ1) is 39.3. The molecule has 0 radical (unpaired) electrons. The highest BCUT2D eigenvalue weighted by Crippen LogP contribution is 2.43. The maximum absolute atomic E-state index is 5.51. The van der Waals surface area contributed by atoms with E-state index in [-0.39, 0.29) is 5.92 Å². The van der Waals surface area contributed by atoms with Crippen LogP contribution in [-0.4, -0.2) is 9.97 Å². The molecule has 2 nitrogen and oxygen atoms in total. The van der Waals surface area contributed by atoms with Crippen molar-refractivity contribution in [2.24, 2.45) is 0 Å². The third-order valence-corrected chi connectivity index (χ3v) is 10.4. The summed E-state index contributed by atoms with van der Waals surface area (Å²) >= 11 is 0. The highest BCUT2D eigenvalue weighted by atomic mass is 14.7. The summed E-state index contributed by atoms with van der Waals surface area (Å²) < 4.78 is 0. The number of hydrogen-bond acceptors (Lipinski definition) is 2. The maximum Gasteiger partial charge on any atom is 0.0793 e. The van der Waals surface area contributed by atoms with Gasteiger partial charge < -0.3 is 0 Å². The van der Waals surface area contributed by atoms with Crippen molar-refractivity contribution in [2.45, 2.75) is 39.5 Å². The van der Waals surface area contributed by atoms with E-state index in [4.69, 9.17) is 9.97 Å². The summed E-state index contributed by atoms with van der Waals surface area (Å²) in [5, 5.41) is 0. The van der Waals surface area contributed by atoms with Crippen LogP contribution in [0.2, 0.25) is 0 Å². The summed E-state index contributed by atoms with van der Waals surface area (Å²) in [5.74, 6) is 0.222. The van der Waals surface area contributed by atoms with Gasteiger partial charge in [-0.1, -0.05) is 215 Å². The van der Waals surface area contributed by atoms with Gasteiger partial charge in [-0.3, -0.25) is 0 Å². The van der Waals surface area contributed by atoms with Crippen LogP contribution in [0.1, 0.15) is 50.7 Å². The van der Waals surface area contributed by atoms with E-state index in [1.807, 2.05) is 26.0 Å². The Hall–Kier alpha value is -6.90. The molecular formula is C56H50N2. The molecule has 1 aliphatic rings. The van der Waals surface area contributed by atoms with Crippen molar-refractivity contribution in [2.75, 3.05) is 0 Å². The standard InChI is InChI=1S/C54H44N2.C2H6/c1-3-5-11-23-39(4-2)47-37-49(55-53(43-30-18-9-19-31-43)51(47)41-26-14-7-15-27-41)45-34-22-35-46(36-45)50-38-48(40-24-12-6-13-25-40)52(42-28-16-8-17-29-42)54(56-50)44-32-20-10-21-33-44;1-2/h3,5-24,26-38,40H,1,4,25H2,2H3;1-2H3/b11-5-,39-23+;. The lowest BCUT2D eigenvalue weighted by Crippen LogP contribution is -2.04. The van der Waals surface area contributed by atoms with Crippen molar-refractivity contribution in [3.63, 3.8) is 0 Å². The van der Waals surface area contributed by atoms with Crippen molar-refractivity contribution in [1.82, 2.24) is 9.97 Å². The highest BCUT2D eigenvalue weighted by molar-refractivity contribution is 5.93. The second-order valence-electron chi connectivity index (χ2n) is 14.0. The first-order chi connectivity index (χ1) is 28.7. The Morgan fingerprint density at radius 1 is 0.569 bits per heavy atom. The number of allylic oxidation sites excluding steroid dienone is 9. The van der Waals surface area contributed by atoms with Crippen molar-refractivity contribution < 1.29 is 0 Å². The largest absolute Gasteiger partial charge is 0.247 e. The van der Waals surface area contributed by atoms with Crippen LogP contribution in [0.5, 0.6) is 0 Å². The quantitative estimate of drug-likeness (QED) is 0.123. The Kier molecular flexibility index (Phi) is 13.1. The van der Waals surface area contributed by atoms with Crippen LogP contribution in [0.25, 0.3) is 72.9 Å². The molecule has 0 spiro atoms. The predicted octanol–water partition coefficient (Wildman–Crippen LogP) is 15.6. The lowest BCUT2D eigenvalue weighted by Gasteiger charge is -2.23. The van der Waals surface area contributed by atoms with Crippen molar-refractivity contribution in [1.29, 1.82) is 0 Å². The summed E-state index contributed by atoms with van der Waals surface area (Å²) in [6.45, 7) is 10.1. The summed E-state index contributed by atoms with van der Waals surface area (Å²) in [6.07, 6.45) is 18.8. The zero-order valence-electron chi connectivity index (χ0n) is 33.7. The number of benzene rings is 5. The SMILES string of the molecule is C=C/C=C\C=C(/CC)c1cc(-c2cccc(-c3cc(C4C=CC=CC4)c(-c4ccccc4)c(-c4ccccc4)n3)c2)nc(-c2ccccc2)c1-c1ccccc1.CC. The van der Waals surface area contributed by atoms with E-state index in [9.17, 15) is 0 Å². The first-order valence-corrected chi connectivity index (χ1v) is 20.5. The van der Waals surface area contributed by atoms with Gasteiger partial charge in [0.15, 0.2) is 0 Å². The van der Waals surface area contributed by atoms with Gasteiger partial charge in [-0.2, -0.15) is 0 Å². The minimum Gasteiger partial charge on any atom is -0.247 e. The van der Waals surface area contributed by atoms with Crippen LogP contribution < -0.4 is 0 Å². The monoisotopic (exact) mass is 750 g/mol. The van der Waals surface area contributed by atoms with Gasteiger partial charge in [0.05, 0.1) is 22.8 Å². The van der Waals surface area contributed by atoms with Gasteiger partial charge in [0.25, 0.3) is 0 Å². The van der Waals surface area contributed by atoms with E-state index in [1.165, 1.54) is 22.3 Å². The number of aromatic nitrogens is 2. The van der Waals surface area contributed by atoms with E-state index in [0.717, 1.165) is 74.6 Å². The van der Waals surface area contributed by atoms with Gasteiger partial charge in [-0.25, -0.2) is 9.97 Å². The first-order valence-electron chi connectivity index (χ1n) is 20.5. The third kappa shape index (κ3) is 8.73. The van der Waals surface area contributed by atoms with Gasteiger partial charge in [0.2, 0.25) is 0 Å². The van der Waals surface area contributed by atoms with Crippen molar-refractivity contribution in [3.05, 3.63) is 224 Å². The maximum atomic E-state index is 5.51. The minimum atomic E-state index is 0.222. The Morgan fingerprint density at radius 2 is 1.07 bits per heavy atom. The van der Waals surface area contributed by atoms with Crippen LogP contribution in [-0.2, 0) is 0 Å². The third-order valence-electron chi connectivity index (χ3n) is 10.4. The second-order valence-corrected chi connectivity index (χ2v) is 14.0. The average Bonchev–Trinajstić information content (AvgIpc) is 3.31. The van der Waals surface area contributed by atoms with E-state index in [0.29, 0.717) is 0 Å². The molecule has 0 saturated carbocycles. The summed E-state index contributed by atoms with van der Waals surface area (Å²) in [4.78, 5) is 11.0. The number of hydrogen-bond donors (Lipinski definition) is 0. The Labute approximate surface area is 345 Å². The summed E-state index contributed by atoms with van der Waals surface area (Å²) in [7, 11) is 0. The molecule has 2 heterocycles. The molecule has 0 aliphatic heterocycles. The molecule has 1 atom stereocenters. The van der Waals surface area contributed by atoms with Crippen LogP contribution in [0.15, 0.2) is 213 Å². The van der Waals surface area contributed by atoms with Gasteiger partial charge in [-0.15, -0.1) is 0 Å². The van der Waals surface area contributed by atoms with Crippen LogP contribution in [0, 0.1) is 0 Å². The lowest BCUT2D eigenvalue weighted by atomic mass is 9.84. The Bertz CT molecular complexity index is 2580. The second kappa shape index (κ2) is 19.3. The molecule has 7 aromatic rings. The van der Waals surface area contributed by atoms with E-state index < -0.39 is 0 Å². The summed E-state index contributed by atoms with van der Waals surface area (Å²) in [6, 6.07) is 55.9. The molecule has 5 aromatic carbocycles. The molecule has 284 valence electrons. The van der Waals surface area contributed by atoms with E-state index in [2.05, 4.69) is 208 Å². The molecule has 2 heteroatoms. The molecule has 2 aromatic heterocycles. The van der Waals surface area contributed by atoms with Crippen molar-refractivity contribution >= 4 is 5.57 Å². The smallest absolute Gasteiger partial charge is 0.0793 e. The van der Waals surface area contributed by atoms with Crippen LogP contribution in [0.4, 0.5) is 0 Å². The molecule has 58 heavy (non-hydrogen) atoms. The normalized spacial score (nSPS) is 13.6. The Balaban J connectivity index is 0.00000252. The van der Waals surface area contributed by atoms with E-state index >= 15 is 0 Å². The zero-order valence-corrected chi connectivity index (χ0v) is 33.7.